The van der Waals surface area contributed by atoms with Crippen molar-refractivity contribution in [3.05, 3.63) is 60.2 Å². The first-order valence-corrected chi connectivity index (χ1v) is 13.3. The van der Waals surface area contributed by atoms with Gasteiger partial charge in [-0.2, -0.15) is 0 Å². The van der Waals surface area contributed by atoms with Gasteiger partial charge >= 0.3 is 18.6 Å². The van der Waals surface area contributed by atoms with Crippen LogP contribution in [0.1, 0.15) is 42.7 Å². The zero-order valence-corrected chi connectivity index (χ0v) is 22.3. The summed E-state index contributed by atoms with van der Waals surface area (Å²) in [5.74, 6) is -2.19. The average Bonchev–Trinajstić information content (AvgIpc) is 3.28. The summed E-state index contributed by atoms with van der Waals surface area (Å²) in [6, 6.07) is 7.09. The molecule has 0 radical (unpaired) electrons. The smallest absolute Gasteiger partial charge is 0.587 e. The van der Waals surface area contributed by atoms with E-state index in [0.717, 1.165) is 5.56 Å². The molecule has 1 aromatic carbocycles. The van der Waals surface area contributed by atoms with Crippen molar-refractivity contribution in [3.8, 4) is 0 Å². The Morgan fingerprint density at radius 2 is 1.74 bits per heavy atom. The highest BCUT2D eigenvalue weighted by molar-refractivity contribution is 6.68. The van der Waals surface area contributed by atoms with E-state index >= 15 is 0 Å². The Morgan fingerprint density at radius 1 is 1.08 bits per heavy atom. The molecule has 1 amide bonds. The molecule has 0 spiro atoms. The quantitative estimate of drug-likeness (QED) is 0.448. The van der Waals surface area contributed by atoms with Gasteiger partial charge in [0.15, 0.2) is 17.9 Å². The van der Waals surface area contributed by atoms with Gasteiger partial charge in [0.25, 0.3) is 5.91 Å². The van der Waals surface area contributed by atoms with Crippen LogP contribution in [0.3, 0.4) is 0 Å². The van der Waals surface area contributed by atoms with Crippen LogP contribution in [0.2, 0.25) is 5.82 Å². The third kappa shape index (κ3) is 4.72. The number of morpholine rings is 1. The molecule has 6 atom stereocenters. The van der Waals surface area contributed by atoms with Crippen LogP contribution >= 0.6 is 0 Å². The summed E-state index contributed by atoms with van der Waals surface area (Å²) in [4.78, 5) is 61.0. The molecule has 3 aliphatic rings. The standard InChI is InChI=1S/C27H33BN4O7/c1-17(2)11-19(28-32(3)22(26(35)38-28)15-37-16-23(32)27(36)39-28)13-24(33)20(12-18-7-5-4-6-8-18)31-25(34)21-14-29-9-10-30-21/h4-10,14,17,19-20,22-23H,11-13,15-16H2,1-3H3,(H,31,34)/t19-,20+,22-,23+,28?,32?/m1/s1. The Kier molecular flexibility index (Phi) is 7.26. The molecule has 0 aliphatic carbocycles. The molecule has 0 bridgehead atoms. The first-order valence-electron chi connectivity index (χ1n) is 13.3. The molecule has 3 fully saturated rings. The highest BCUT2D eigenvalue weighted by atomic mass is 16.7. The first-order chi connectivity index (χ1) is 18.7. The lowest BCUT2D eigenvalue weighted by molar-refractivity contribution is -0.854. The number of carbonyl (C=O) groups excluding carboxylic acids is 4. The van der Waals surface area contributed by atoms with Crippen molar-refractivity contribution in [3.63, 3.8) is 0 Å². The summed E-state index contributed by atoms with van der Waals surface area (Å²) in [7, 11) is 1.81. The fourth-order valence-corrected chi connectivity index (χ4v) is 6.46. The minimum absolute atomic E-state index is 0.0301. The van der Waals surface area contributed by atoms with E-state index in [9.17, 15) is 19.2 Å². The Bertz CT molecular complexity index is 1230. The third-order valence-electron chi connectivity index (χ3n) is 8.39. The maximum atomic E-state index is 14.0. The van der Waals surface area contributed by atoms with E-state index in [2.05, 4.69) is 15.3 Å². The van der Waals surface area contributed by atoms with Gasteiger partial charge in [0.05, 0.1) is 12.2 Å². The molecule has 206 valence electrons. The number of rotatable bonds is 10. The second kappa shape index (κ2) is 10.5. The number of aromatic nitrogens is 2. The maximum absolute atomic E-state index is 14.0. The minimum Gasteiger partial charge on any atom is -0.600 e. The molecule has 5 rings (SSSR count). The van der Waals surface area contributed by atoms with E-state index in [-0.39, 0.29) is 47.8 Å². The summed E-state index contributed by atoms with van der Waals surface area (Å²) in [6.07, 6.45) is 4.89. The summed E-state index contributed by atoms with van der Waals surface area (Å²) >= 11 is 0. The zero-order valence-electron chi connectivity index (χ0n) is 22.3. The van der Waals surface area contributed by atoms with Crippen LogP contribution in [0, 0.1) is 5.92 Å². The van der Waals surface area contributed by atoms with E-state index in [4.69, 9.17) is 14.0 Å². The molecular weight excluding hydrogens is 503 g/mol. The van der Waals surface area contributed by atoms with E-state index in [1.807, 2.05) is 51.2 Å². The van der Waals surface area contributed by atoms with Crippen molar-refractivity contribution in [2.24, 2.45) is 5.92 Å². The number of ketones is 1. The van der Waals surface area contributed by atoms with Gasteiger partial charge < -0.3 is 23.8 Å². The molecule has 11 nitrogen and oxygen atoms in total. The van der Waals surface area contributed by atoms with Crippen LogP contribution < -0.4 is 5.32 Å². The summed E-state index contributed by atoms with van der Waals surface area (Å²) < 4.78 is 17.5. The largest absolute Gasteiger partial charge is 0.600 e. The van der Waals surface area contributed by atoms with Gasteiger partial charge in [-0.3, -0.25) is 14.6 Å². The Labute approximate surface area is 226 Å². The lowest BCUT2D eigenvalue weighted by Gasteiger charge is -2.51. The highest BCUT2D eigenvalue weighted by Gasteiger charge is 2.77. The number of likely N-dealkylation sites (N-methyl/N-ethyl adjacent to an activating group) is 1. The highest BCUT2D eigenvalue weighted by Crippen LogP contribution is 2.52. The number of hydrogen-bond acceptors (Lipinski definition) is 9. The summed E-state index contributed by atoms with van der Waals surface area (Å²) in [6.45, 7) is 1.72. The van der Waals surface area contributed by atoms with Crippen molar-refractivity contribution in [2.75, 3.05) is 20.3 Å². The van der Waals surface area contributed by atoms with Gasteiger partial charge in [-0.25, -0.2) is 14.6 Å². The van der Waals surface area contributed by atoms with Gasteiger partial charge in [-0.1, -0.05) is 50.6 Å². The SMILES string of the molecule is CC(C)C[C@H](CC(=O)[C@H](Cc1ccccc1)NC(=O)c1cnccn1)[B-]12OC(=O)[C@H]3COC[C@@H](C(=O)O1)[N+]32C. The van der Waals surface area contributed by atoms with Crippen LogP contribution in [0.25, 0.3) is 0 Å². The van der Waals surface area contributed by atoms with Gasteiger partial charge in [-0.15, -0.1) is 0 Å². The van der Waals surface area contributed by atoms with Crippen LogP contribution in [-0.2, 0) is 34.9 Å². The van der Waals surface area contributed by atoms with Crippen molar-refractivity contribution >= 4 is 30.3 Å². The molecule has 2 aromatic rings. The Morgan fingerprint density at radius 3 is 2.33 bits per heavy atom. The number of nitrogens with zero attached hydrogens (tertiary/aromatic N) is 3. The van der Waals surface area contributed by atoms with Crippen molar-refractivity contribution < 1.29 is 37.6 Å². The number of quaternary nitrogens is 1. The maximum Gasteiger partial charge on any atom is 0.587 e. The summed E-state index contributed by atoms with van der Waals surface area (Å²) in [5, 5.41) is 2.83. The third-order valence-corrected chi connectivity index (χ3v) is 8.39. The summed E-state index contributed by atoms with van der Waals surface area (Å²) in [5.41, 5.74) is 0.961. The number of nitrogens with one attached hydrogen (secondary N) is 1. The monoisotopic (exact) mass is 536 g/mol. The van der Waals surface area contributed by atoms with Crippen LogP contribution in [0.4, 0.5) is 0 Å². The predicted molar refractivity (Wildman–Crippen MR) is 139 cm³/mol. The lowest BCUT2D eigenvalue weighted by Crippen LogP contribution is -2.72. The molecule has 3 aliphatic heterocycles. The molecule has 1 N–H and O–H groups in total. The molecule has 3 saturated heterocycles. The Balaban J connectivity index is 1.46. The zero-order chi connectivity index (χ0) is 27.8. The van der Waals surface area contributed by atoms with Gasteiger partial charge in [0.2, 0.25) is 0 Å². The van der Waals surface area contributed by atoms with E-state index in [1.165, 1.54) is 18.6 Å². The molecule has 39 heavy (non-hydrogen) atoms. The Hall–Kier alpha value is -3.64. The number of hydrogen-bond donors (Lipinski definition) is 1. The molecule has 4 heterocycles. The minimum atomic E-state index is -2.54. The number of Topliss-reactive ketones (excluding diaryl/α,β-unsaturated/α-hetero) is 1. The predicted octanol–water partition coefficient (Wildman–Crippen LogP) is 1.46. The van der Waals surface area contributed by atoms with Gasteiger partial charge in [0.1, 0.15) is 18.9 Å². The number of benzene rings is 1. The number of ether oxygens (including phenoxy) is 1. The van der Waals surface area contributed by atoms with Crippen molar-refractivity contribution in [1.29, 1.82) is 0 Å². The fraction of sp³-hybridized carbons (Fsp3) is 0.481. The van der Waals surface area contributed by atoms with E-state index in [0.29, 0.717) is 6.42 Å². The molecule has 12 heteroatoms. The van der Waals surface area contributed by atoms with Crippen LogP contribution in [-0.4, -0.2) is 83.1 Å². The van der Waals surface area contributed by atoms with Crippen LogP contribution in [0.15, 0.2) is 48.9 Å². The normalized spacial score (nSPS) is 28.8. The van der Waals surface area contributed by atoms with Crippen molar-refractivity contribution in [1.82, 2.24) is 15.3 Å². The molecule has 1 aromatic heterocycles. The number of amides is 1. The fourth-order valence-electron chi connectivity index (χ4n) is 6.46. The average molecular weight is 536 g/mol. The van der Waals surface area contributed by atoms with Crippen molar-refractivity contribution in [2.45, 2.75) is 57.1 Å². The molecule has 0 saturated carbocycles. The second-order valence-electron chi connectivity index (χ2n) is 11.3. The number of carbonyl (C=O) groups is 4. The molecule has 2 unspecified atom stereocenters. The van der Waals surface area contributed by atoms with Crippen LogP contribution in [0.5, 0.6) is 0 Å². The second-order valence-corrected chi connectivity index (χ2v) is 11.3. The first kappa shape index (κ1) is 27.0. The molecular formula is C27H33BN4O7. The van der Waals surface area contributed by atoms with E-state index in [1.54, 1.807) is 0 Å². The van der Waals surface area contributed by atoms with E-state index < -0.39 is 48.5 Å². The lowest BCUT2D eigenvalue weighted by atomic mass is 9.51. The van der Waals surface area contributed by atoms with Gasteiger partial charge in [-0.05, 0) is 30.1 Å². The topological polar surface area (TPSA) is 134 Å². The van der Waals surface area contributed by atoms with Gasteiger partial charge in [0, 0.05) is 19.4 Å².